The van der Waals surface area contributed by atoms with Gasteiger partial charge in [0.15, 0.2) is 0 Å². The number of aromatic carboxylic acids is 1. The Hall–Kier alpha value is -1.74. The van der Waals surface area contributed by atoms with Crippen LogP contribution in [0.2, 0.25) is 0 Å². The summed E-state index contributed by atoms with van der Waals surface area (Å²) in [5.41, 5.74) is -0.0411. The third-order valence-corrected chi connectivity index (χ3v) is 5.46. The summed E-state index contributed by atoms with van der Waals surface area (Å²) in [5.74, 6) is -1.77. The number of aryl methyl sites for hydroxylation is 1. The topological polar surface area (TPSA) is 87.8 Å². The van der Waals surface area contributed by atoms with Crippen molar-refractivity contribution in [3.63, 3.8) is 0 Å². The average Bonchev–Trinajstić information content (AvgIpc) is 2.92. The number of halogens is 2. The second kappa shape index (κ2) is 6.17. The highest BCUT2D eigenvalue weighted by molar-refractivity contribution is 7.89. The van der Waals surface area contributed by atoms with Crippen LogP contribution in [0.5, 0.6) is 0 Å². The predicted octanol–water partition coefficient (Wildman–Crippen LogP) is 2.48. The molecule has 0 bridgehead atoms. The van der Waals surface area contributed by atoms with E-state index in [0.29, 0.717) is 0 Å². The molecule has 0 aromatic carbocycles. The lowest BCUT2D eigenvalue weighted by Gasteiger charge is -2.26. The minimum absolute atomic E-state index is 0.0351. The Kier molecular flexibility index (Phi) is 4.66. The lowest BCUT2D eigenvalue weighted by Crippen LogP contribution is -2.36. The largest absolute Gasteiger partial charge is 0.475 e. The van der Waals surface area contributed by atoms with Crippen molar-refractivity contribution >= 4 is 16.0 Å². The molecule has 122 valence electrons. The number of carbonyl (C=O) groups is 1. The van der Waals surface area contributed by atoms with E-state index in [0.717, 1.165) is 10.4 Å². The smallest absolute Gasteiger partial charge is 0.371 e. The number of carboxylic acid groups (broad SMARTS) is 1. The number of carboxylic acids is 1. The van der Waals surface area contributed by atoms with Crippen molar-refractivity contribution in [3.8, 4) is 0 Å². The van der Waals surface area contributed by atoms with Crippen molar-refractivity contribution < 1.29 is 31.5 Å². The van der Waals surface area contributed by atoms with E-state index in [9.17, 15) is 22.0 Å². The highest BCUT2D eigenvalue weighted by Gasteiger charge is 2.33. The van der Waals surface area contributed by atoms with Crippen LogP contribution >= 0.6 is 0 Å². The molecule has 0 saturated carbocycles. The number of rotatable bonds is 4. The van der Waals surface area contributed by atoms with Crippen molar-refractivity contribution in [3.05, 3.63) is 29.2 Å². The molecule has 1 saturated heterocycles. The zero-order valence-corrected chi connectivity index (χ0v) is 12.6. The maximum absolute atomic E-state index is 12.5. The van der Waals surface area contributed by atoms with E-state index in [-0.39, 0.29) is 48.6 Å². The first-order valence-corrected chi connectivity index (χ1v) is 8.10. The van der Waals surface area contributed by atoms with Crippen molar-refractivity contribution in [2.24, 2.45) is 0 Å². The van der Waals surface area contributed by atoms with Crippen molar-refractivity contribution in [2.45, 2.75) is 31.1 Å². The lowest BCUT2D eigenvalue weighted by atomic mass is 10.1. The minimum Gasteiger partial charge on any atom is -0.475 e. The number of hydrogen-bond donors (Lipinski definition) is 1. The zero-order valence-electron chi connectivity index (χ0n) is 11.8. The Balaban J connectivity index is 2.32. The van der Waals surface area contributed by atoms with Gasteiger partial charge in [-0.3, -0.25) is 0 Å². The van der Waals surface area contributed by atoms with E-state index in [2.05, 4.69) is 0 Å². The second-order valence-electron chi connectivity index (χ2n) is 4.82. The summed E-state index contributed by atoms with van der Waals surface area (Å²) in [6.07, 6.45) is -1.62. The molecule has 2 rings (SSSR count). The van der Waals surface area contributed by atoms with Gasteiger partial charge in [-0.15, -0.1) is 0 Å². The Labute approximate surface area is 126 Å². The predicted molar refractivity (Wildman–Crippen MR) is 72.3 cm³/mol. The Bertz CT molecular complexity index is 709. The summed E-state index contributed by atoms with van der Waals surface area (Å²) < 4.78 is 56.2. The maximum Gasteiger partial charge on any atom is 0.371 e. The van der Waals surface area contributed by atoms with E-state index in [1.807, 2.05) is 0 Å². The van der Waals surface area contributed by atoms with Crippen LogP contribution < -0.4 is 0 Å². The molecule has 1 aliphatic heterocycles. The van der Waals surface area contributed by atoms with Crippen molar-refractivity contribution in [1.29, 1.82) is 0 Å². The number of piperidine rings is 1. The summed E-state index contributed by atoms with van der Waals surface area (Å²) in [7, 11) is -3.96. The zero-order chi connectivity index (χ0) is 16.5. The molecule has 0 unspecified atom stereocenters. The fourth-order valence-corrected chi connectivity index (χ4v) is 3.98. The molecular formula is C13H15F2NO5S. The van der Waals surface area contributed by atoms with E-state index in [1.165, 1.54) is 0 Å². The number of sulfonamides is 1. The molecule has 6 nitrogen and oxygen atoms in total. The third kappa shape index (κ3) is 3.05. The fraction of sp³-hybridized carbons (Fsp3) is 0.462. The molecule has 0 spiro atoms. The standard InChI is InChI=1S/C13H15F2NO5S/c1-2-9-11(7-10(21-9)13(17)18)22(19,20)16-5-3-8(4-6-16)12(14)15/h7H,2-6H2,1H3,(H,17,18). The highest BCUT2D eigenvalue weighted by Crippen LogP contribution is 2.29. The summed E-state index contributed by atoms with van der Waals surface area (Å²) in [4.78, 5) is 10.7. The first-order chi connectivity index (χ1) is 10.3. The van der Waals surface area contributed by atoms with Crippen LogP contribution in [0.15, 0.2) is 27.0 Å². The summed E-state index contributed by atoms with van der Waals surface area (Å²) in [6.45, 7) is 1.51. The first kappa shape index (κ1) is 16.6. The van der Waals surface area contributed by atoms with E-state index in [1.54, 1.807) is 6.92 Å². The van der Waals surface area contributed by atoms with E-state index < -0.39 is 27.8 Å². The van der Waals surface area contributed by atoms with Gasteiger partial charge < -0.3 is 9.52 Å². The number of nitrogens with zero attached hydrogens (tertiary/aromatic N) is 1. The molecule has 1 aliphatic rings. The SMILES string of the molecule is CCc1oc(C(=O)O)cc1S(=O)(=O)N1CCC(=C(F)F)CC1. The van der Waals surface area contributed by atoms with Gasteiger partial charge >= 0.3 is 5.97 Å². The highest BCUT2D eigenvalue weighted by atomic mass is 32.2. The summed E-state index contributed by atoms with van der Waals surface area (Å²) in [5, 5.41) is 8.90. The monoisotopic (exact) mass is 335 g/mol. The quantitative estimate of drug-likeness (QED) is 0.913. The van der Waals surface area contributed by atoms with Gasteiger partial charge in [0.05, 0.1) is 0 Å². The van der Waals surface area contributed by atoms with Gasteiger partial charge in [-0.2, -0.15) is 13.1 Å². The molecule has 1 aromatic rings. The van der Waals surface area contributed by atoms with Gasteiger partial charge in [-0.1, -0.05) is 6.92 Å². The second-order valence-corrected chi connectivity index (χ2v) is 6.73. The van der Waals surface area contributed by atoms with Gasteiger partial charge in [0.25, 0.3) is 6.08 Å². The molecule has 22 heavy (non-hydrogen) atoms. The van der Waals surface area contributed by atoms with Gasteiger partial charge in [-0.05, 0) is 18.4 Å². The molecule has 1 N–H and O–H groups in total. The Morgan fingerprint density at radius 3 is 2.41 bits per heavy atom. The molecule has 1 fully saturated rings. The third-order valence-electron chi connectivity index (χ3n) is 3.51. The number of hydrogen-bond acceptors (Lipinski definition) is 4. The van der Waals surface area contributed by atoms with E-state index in [4.69, 9.17) is 9.52 Å². The molecular weight excluding hydrogens is 320 g/mol. The van der Waals surface area contributed by atoms with Crippen LogP contribution in [0.25, 0.3) is 0 Å². The van der Waals surface area contributed by atoms with Gasteiger partial charge in [0.1, 0.15) is 10.7 Å². The molecule has 0 atom stereocenters. The Morgan fingerprint density at radius 1 is 1.36 bits per heavy atom. The maximum atomic E-state index is 12.5. The van der Waals surface area contributed by atoms with Crippen LogP contribution in [-0.2, 0) is 16.4 Å². The first-order valence-electron chi connectivity index (χ1n) is 6.66. The van der Waals surface area contributed by atoms with Gasteiger partial charge in [0, 0.05) is 25.6 Å². The molecule has 2 heterocycles. The van der Waals surface area contributed by atoms with Crippen molar-refractivity contribution in [1.82, 2.24) is 4.31 Å². The van der Waals surface area contributed by atoms with Gasteiger partial charge in [0.2, 0.25) is 15.8 Å². The molecule has 1 aromatic heterocycles. The molecule has 0 radical (unpaired) electrons. The normalized spacial score (nSPS) is 16.8. The average molecular weight is 335 g/mol. The van der Waals surface area contributed by atoms with Crippen LogP contribution in [0.3, 0.4) is 0 Å². The van der Waals surface area contributed by atoms with Crippen LogP contribution in [0.4, 0.5) is 8.78 Å². The summed E-state index contributed by atoms with van der Waals surface area (Å²) >= 11 is 0. The Morgan fingerprint density at radius 2 is 1.95 bits per heavy atom. The fourth-order valence-electron chi connectivity index (χ4n) is 2.31. The van der Waals surface area contributed by atoms with Gasteiger partial charge in [-0.25, -0.2) is 13.2 Å². The molecule has 0 aliphatic carbocycles. The molecule has 9 heteroatoms. The summed E-state index contributed by atoms with van der Waals surface area (Å²) in [6, 6.07) is 0.970. The van der Waals surface area contributed by atoms with E-state index >= 15 is 0 Å². The lowest BCUT2D eigenvalue weighted by molar-refractivity contribution is 0.0660. The van der Waals surface area contributed by atoms with Crippen LogP contribution in [0.1, 0.15) is 36.1 Å². The van der Waals surface area contributed by atoms with Crippen LogP contribution in [-0.4, -0.2) is 36.9 Å². The number of furan rings is 1. The molecule has 0 amide bonds. The van der Waals surface area contributed by atoms with Crippen LogP contribution in [0, 0.1) is 0 Å². The minimum atomic E-state index is -3.96. The van der Waals surface area contributed by atoms with Crippen molar-refractivity contribution in [2.75, 3.05) is 13.1 Å².